The third kappa shape index (κ3) is 3.38. The highest BCUT2D eigenvalue weighted by atomic mass is 19.2. The molecular weight excluding hydrogens is 258 g/mol. The topological polar surface area (TPSA) is 20.2 Å². The molecule has 1 aliphatic rings. The van der Waals surface area contributed by atoms with Crippen LogP contribution in [0.3, 0.4) is 0 Å². The molecule has 1 atom stereocenters. The first-order chi connectivity index (χ1) is 9.63. The number of phenols is 1. The number of benzene rings is 1. The number of halogens is 2. The van der Waals surface area contributed by atoms with Crippen LogP contribution in [0.15, 0.2) is 18.2 Å². The van der Waals surface area contributed by atoms with Crippen molar-refractivity contribution in [3.05, 3.63) is 35.4 Å². The molecule has 0 heterocycles. The fraction of sp³-hybridized carbons (Fsp3) is 0.529. The Labute approximate surface area is 119 Å². The molecular formula is C17H22F2O. The van der Waals surface area contributed by atoms with Crippen molar-refractivity contribution in [2.45, 2.75) is 51.9 Å². The number of unbranched alkanes of at least 4 members (excludes halogenated alkanes) is 2. The Bertz CT molecular complexity index is 494. The fourth-order valence-corrected chi connectivity index (χ4v) is 2.87. The van der Waals surface area contributed by atoms with Gasteiger partial charge in [0.15, 0.2) is 11.6 Å². The average Bonchev–Trinajstić information content (AvgIpc) is 2.46. The van der Waals surface area contributed by atoms with Gasteiger partial charge in [0, 0.05) is 5.56 Å². The number of rotatable bonds is 5. The maximum absolute atomic E-state index is 13.8. The smallest absolute Gasteiger partial charge is 0.200 e. The minimum atomic E-state index is -1.14. The number of hydrogen-bond donors (Lipinski definition) is 1. The quantitative estimate of drug-likeness (QED) is 0.712. The van der Waals surface area contributed by atoms with E-state index in [0.717, 1.165) is 24.8 Å². The van der Waals surface area contributed by atoms with E-state index in [1.165, 1.54) is 37.8 Å². The van der Waals surface area contributed by atoms with Gasteiger partial charge in [-0.05, 0) is 42.9 Å². The van der Waals surface area contributed by atoms with Crippen molar-refractivity contribution in [2.75, 3.05) is 0 Å². The van der Waals surface area contributed by atoms with Crippen molar-refractivity contribution in [3.8, 4) is 5.75 Å². The molecule has 0 saturated heterocycles. The molecule has 0 aliphatic heterocycles. The predicted octanol–water partition coefficient (Wildman–Crippen LogP) is 5.43. The lowest BCUT2D eigenvalue weighted by Gasteiger charge is -2.22. The van der Waals surface area contributed by atoms with Gasteiger partial charge in [-0.2, -0.15) is 4.39 Å². The summed E-state index contributed by atoms with van der Waals surface area (Å²) in [5.41, 5.74) is 1.17. The zero-order valence-electron chi connectivity index (χ0n) is 12.0. The van der Waals surface area contributed by atoms with Gasteiger partial charge in [0.25, 0.3) is 0 Å². The van der Waals surface area contributed by atoms with E-state index in [9.17, 15) is 8.78 Å². The monoisotopic (exact) mass is 280 g/mol. The second-order valence-electron chi connectivity index (χ2n) is 5.63. The highest BCUT2D eigenvalue weighted by Gasteiger charge is 2.20. The second-order valence-corrected chi connectivity index (χ2v) is 5.63. The second kappa shape index (κ2) is 6.87. The lowest BCUT2D eigenvalue weighted by Crippen LogP contribution is -2.06. The Morgan fingerprint density at radius 3 is 2.65 bits per heavy atom. The molecule has 1 nitrogen and oxygen atoms in total. The van der Waals surface area contributed by atoms with Crippen LogP contribution in [0, 0.1) is 17.6 Å². The van der Waals surface area contributed by atoms with Crippen molar-refractivity contribution < 1.29 is 13.9 Å². The first-order valence-corrected chi connectivity index (χ1v) is 7.49. The van der Waals surface area contributed by atoms with Gasteiger partial charge in [0.2, 0.25) is 5.82 Å². The Hall–Kier alpha value is -1.38. The summed E-state index contributed by atoms with van der Waals surface area (Å²) < 4.78 is 27.2. The SMILES string of the molecule is CCCCCC1CC=C(c2ccc(O)c(F)c2F)CC1. The summed E-state index contributed by atoms with van der Waals surface area (Å²) in [4.78, 5) is 0. The van der Waals surface area contributed by atoms with E-state index in [1.54, 1.807) is 0 Å². The number of aromatic hydroxyl groups is 1. The largest absolute Gasteiger partial charge is 0.505 e. The molecule has 0 aromatic heterocycles. The van der Waals surface area contributed by atoms with Crippen LogP contribution >= 0.6 is 0 Å². The Morgan fingerprint density at radius 1 is 1.20 bits per heavy atom. The summed E-state index contributed by atoms with van der Waals surface area (Å²) in [5, 5.41) is 9.15. The van der Waals surface area contributed by atoms with Crippen molar-refractivity contribution in [3.63, 3.8) is 0 Å². The van der Waals surface area contributed by atoms with E-state index in [2.05, 4.69) is 6.92 Å². The van der Waals surface area contributed by atoms with E-state index < -0.39 is 17.4 Å². The fourth-order valence-electron chi connectivity index (χ4n) is 2.87. The summed E-state index contributed by atoms with van der Waals surface area (Å²) in [6, 6.07) is 2.69. The van der Waals surface area contributed by atoms with Crippen LogP contribution in [0.2, 0.25) is 0 Å². The van der Waals surface area contributed by atoms with E-state index in [0.29, 0.717) is 11.5 Å². The van der Waals surface area contributed by atoms with Gasteiger partial charge in [-0.25, -0.2) is 4.39 Å². The molecule has 1 aromatic rings. The Kier molecular flexibility index (Phi) is 5.16. The zero-order valence-corrected chi connectivity index (χ0v) is 12.0. The zero-order chi connectivity index (χ0) is 14.5. The first kappa shape index (κ1) is 15.0. The minimum Gasteiger partial charge on any atom is -0.505 e. The molecule has 110 valence electrons. The Morgan fingerprint density at radius 2 is 2.00 bits per heavy atom. The van der Waals surface area contributed by atoms with Crippen LogP contribution in [-0.2, 0) is 0 Å². The van der Waals surface area contributed by atoms with E-state index in [1.807, 2.05) is 6.08 Å². The highest BCUT2D eigenvalue weighted by molar-refractivity contribution is 5.67. The van der Waals surface area contributed by atoms with E-state index >= 15 is 0 Å². The van der Waals surface area contributed by atoms with Crippen LogP contribution in [0.5, 0.6) is 5.75 Å². The van der Waals surface area contributed by atoms with E-state index in [4.69, 9.17) is 5.11 Å². The summed E-state index contributed by atoms with van der Waals surface area (Å²) in [6.45, 7) is 2.20. The third-order valence-electron chi connectivity index (χ3n) is 4.14. The third-order valence-corrected chi connectivity index (χ3v) is 4.14. The maximum atomic E-state index is 13.8. The molecule has 1 aliphatic carbocycles. The summed E-state index contributed by atoms with van der Waals surface area (Å²) in [5.74, 6) is -2.02. The molecule has 0 bridgehead atoms. The lowest BCUT2D eigenvalue weighted by atomic mass is 9.83. The average molecular weight is 280 g/mol. The predicted molar refractivity (Wildman–Crippen MR) is 77.5 cm³/mol. The van der Waals surface area contributed by atoms with Crippen molar-refractivity contribution in [1.82, 2.24) is 0 Å². The van der Waals surface area contributed by atoms with Crippen molar-refractivity contribution >= 4 is 5.57 Å². The van der Waals surface area contributed by atoms with Gasteiger partial charge in [-0.15, -0.1) is 0 Å². The van der Waals surface area contributed by atoms with Crippen LogP contribution in [0.1, 0.15) is 57.4 Å². The molecule has 0 amide bonds. The molecule has 0 spiro atoms. The van der Waals surface area contributed by atoms with Crippen LogP contribution in [0.4, 0.5) is 8.78 Å². The molecule has 1 unspecified atom stereocenters. The Balaban J connectivity index is 2.03. The van der Waals surface area contributed by atoms with Crippen LogP contribution < -0.4 is 0 Å². The summed E-state index contributed by atoms with van der Waals surface area (Å²) in [6.07, 6.45) is 9.79. The molecule has 0 fully saturated rings. The van der Waals surface area contributed by atoms with Gasteiger partial charge in [0.05, 0.1) is 0 Å². The molecule has 2 rings (SSSR count). The number of allylic oxidation sites excluding steroid dienone is 2. The lowest BCUT2D eigenvalue weighted by molar-refractivity contribution is 0.404. The van der Waals surface area contributed by atoms with Crippen molar-refractivity contribution in [2.24, 2.45) is 5.92 Å². The normalized spacial score (nSPS) is 18.9. The molecule has 0 radical (unpaired) electrons. The maximum Gasteiger partial charge on any atom is 0.200 e. The molecule has 1 aromatic carbocycles. The number of phenolic OH excluding ortho intramolecular Hbond substituents is 1. The molecule has 3 heteroatoms. The highest BCUT2D eigenvalue weighted by Crippen LogP contribution is 2.35. The molecule has 0 saturated carbocycles. The van der Waals surface area contributed by atoms with Gasteiger partial charge >= 0.3 is 0 Å². The van der Waals surface area contributed by atoms with Gasteiger partial charge < -0.3 is 5.11 Å². The molecule has 20 heavy (non-hydrogen) atoms. The first-order valence-electron chi connectivity index (χ1n) is 7.49. The number of hydrogen-bond acceptors (Lipinski definition) is 1. The molecule has 1 N–H and O–H groups in total. The summed E-state index contributed by atoms with van der Waals surface area (Å²) >= 11 is 0. The van der Waals surface area contributed by atoms with Crippen LogP contribution in [0.25, 0.3) is 5.57 Å². The minimum absolute atomic E-state index is 0.298. The summed E-state index contributed by atoms with van der Waals surface area (Å²) in [7, 11) is 0. The van der Waals surface area contributed by atoms with Crippen molar-refractivity contribution in [1.29, 1.82) is 0 Å². The van der Waals surface area contributed by atoms with E-state index in [-0.39, 0.29) is 0 Å². The van der Waals surface area contributed by atoms with Gasteiger partial charge in [-0.1, -0.05) is 38.7 Å². The van der Waals surface area contributed by atoms with Gasteiger partial charge in [-0.3, -0.25) is 0 Å². The van der Waals surface area contributed by atoms with Gasteiger partial charge in [0.1, 0.15) is 0 Å². The van der Waals surface area contributed by atoms with Crippen LogP contribution in [-0.4, -0.2) is 5.11 Å². The standard InChI is InChI=1S/C17H22F2O/c1-2-3-4-5-12-6-8-13(9-7-12)14-10-11-15(20)17(19)16(14)18/h8,10-12,20H,2-7,9H2,1H3.